The summed E-state index contributed by atoms with van der Waals surface area (Å²) in [5, 5.41) is 3.21. The lowest BCUT2D eigenvalue weighted by Gasteiger charge is -2.05. The summed E-state index contributed by atoms with van der Waals surface area (Å²) in [5.74, 6) is 0.809. The van der Waals surface area contributed by atoms with Gasteiger partial charge in [0.2, 0.25) is 0 Å². The molecule has 0 spiro atoms. The first-order valence-corrected chi connectivity index (χ1v) is 5.36. The van der Waals surface area contributed by atoms with Crippen LogP contribution in [0, 0.1) is 0 Å². The number of aromatic nitrogens is 3. The Morgan fingerprint density at radius 2 is 2.12 bits per heavy atom. The molecule has 0 fully saturated rings. The van der Waals surface area contributed by atoms with Crippen LogP contribution in [-0.2, 0) is 0 Å². The van der Waals surface area contributed by atoms with E-state index in [2.05, 4.69) is 27.2 Å². The molecule has 0 saturated heterocycles. The van der Waals surface area contributed by atoms with Gasteiger partial charge in [0.25, 0.3) is 0 Å². The van der Waals surface area contributed by atoms with Crippen molar-refractivity contribution in [2.75, 3.05) is 11.9 Å². The molecular formula is C12H14N4. The number of nitrogens with zero attached hydrogens (tertiary/aromatic N) is 3. The Bertz CT molecular complexity index is 442. The first kappa shape index (κ1) is 10.5. The fraction of sp³-hybridized carbons (Fsp3) is 0.250. The van der Waals surface area contributed by atoms with E-state index in [-0.39, 0.29) is 0 Å². The molecule has 2 aromatic rings. The monoisotopic (exact) mass is 214 g/mol. The molecule has 0 bridgehead atoms. The molecule has 0 aliphatic heterocycles. The lowest BCUT2D eigenvalue weighted by Crippen LogP contribution is -2.02. The van der Waals surface area contributed by atoms with Gasteiger partial charge < -0.3 is 5.32 Å². The Morgan fingerprint density at radius 3 is 2.88 bits per heavy atom. The van der Waals surface area contributed by atoms with Gasteiger partial charge in [-0.25, -0.2) is 4.98 Å². The predicted molar refractivity (Wildman–Crippen MR) is 64.0 cm³/mol. The van der Waals surface area contributed by atoms with Crippen LogP contribution in [0.15, 0.2) is 36.9 Å². The van der Waals surface area contributed by atoms with E-state index in [4.69, 9.17) is 0 Å². The highest BCUT2D eigenvalue weighted by Crippen LogP contribution is 2.15. The number of pyridine rings is 1. The van der Waals surface area contributed by atoms with Gasteiger partial charge in [-0.2, -0.15) is 0 Å². The number of hydrogen-bond donors (Lipinski definition) is 1. The maximum atomic E-state index is 4.47. The van der Waals surface area contributed by atoms with Crippen molar-refractivity contribution in [1.82, 2.24) is 15.0 Å². The van der Waals surface area contributed by atoms with Crippen molar-refractivity contribution in [2.24, 2.45) is 0 Å². The van der Waals surface area contributed by atoms with E-state index in [0.29, 0.717) is 0 Å². The van der Waals surface area contributed by atoms with Gasteiger partial charge in [-0.15, -0.1) is 0 Å². The maximum absolute atomic E-state index is 4.47. The second kappa shape index (κ2) is 5.21. The molecule has 0 amide bonds. The molecule has 2 heterocycles. The van der Waals surface area contributed by atoms with Crippen LogP contribution in [0.3, 0.4) is 0 Å². The largest absolute Gasteiger partial charge is 0.369 e. The summed E-state index contributed by atoms with van der Waals surface area (Å²) in [6.45, 7) is 3.02. The maximum Gasteiger partial charge on any atom is 0.145 e. The van der Waals surface area contributed by atoms with Crippen LogP contribution < -0.4 is 5.32 Å². The summed E-state index contributed by atoms with van der Waals surface area (Å²) in [6, 6.07) is 3.86. The second-order valence-electron chi connectivity index (χ2n) is 3.46. The van der Waals surface area contributed by atoms with Crippen molar-refractivity contribution >= 4 is 5.82 Å². The van der Waals surface area contributed by atoms with Crippen LogP contribution in [0.4, 0.5) is 5.82 Å². The molecule has 0 atom stereocenters. The minimum Gasteiger partial charge on any atom is -0.369 e. The van der Waals surface area contributed by atoms with E-state index in [1.165, 1.54) is 0 Å². The highest BCUT2D eigenvalue weighted by Gasteiger charge is 2.00. The molecule has 0 unspecified atom stereocenters. The number of hydrogen-bond acceptors (Lipinski definition) is 4. The lowest BCUT2D eigenvalue weighted by atomic mass is 10.2. The summed E-state index contributed by atoms with van der Waals surface area (Å²) in [5.41, 5.74) is 1.82. The summed E-state index contributed by atoms with van der Waals surface area (Å²) < 4.78 is 0. The van der Waals surface area contributed by atoms with E-state index in [1.54, 1.807) is 24.8 Å². The molecule has 4 nitrogen and oxygen atoms in total. The molecule has 16 heavy (non-hydrogen) atoms. The number of anilines is 1. The third-order valence-electron chi connectivity index (χ3n) is 2.15. The van der Waals surface area contributed by atoms with E-state index in [1.807, 2.05) is 12.1 Å². The fourth-order valence-corrected chi connectivity index (χ4v) is 1.36. The standard InChI is InChI=1S/C12H14N4/c1-2-5-15-12-9-14-8-11(16-12)10-4-3-6-13-7-10/h3-4,6-9H,2,5H2,1H3,(H,15,16). The van der Waals surface area contributed by atoms with Crippen molar-refractivity contribution in [3.8, 4) is 11.3 Å². The topological polar surface area (TPSA) is 50.7 Å². The van der Waals surface area contributed by atoms with Crippen molar-refractivity contribution in [1.29, 1.82) is 0 Å². The highest BCUT2D eigenvalue weighted by atomic mass is 15.0. The lowest BCUT2D eigenvalue weighted by molar-refractivity contribution is 0.965. The number of rotatable bonds is 4. The Morgan fingerprint density at radius 1 is 1.19 bits per heavy atom. The smallest absolute Gasteiger partial charge is 0.145 e. The van der Waals surface area contributed by atoms with E-state index in [9.17, 15) is 0 Å². The third-order valence-corrected chi connectivity index (χ3v) is 2.15. The molecule has 1 N–H and O–H groups in total. The van der Waals surface area contributed by atoms with Crippen molar-refractivity contribution in [2.45, 2.75) is 13.3 Å². The summed E-state index contributed by atoms with van der Waals surface area (Å²) in [7, 11) is 0. The van der Waals surface area contributed by atoms with Crippen LogP contribution >= 0.6 is 0 Å². The molecule has 0 aliphatic rings. The van der Waals surface area contributed by atoms with Crippen molar-refractivity contribution in [3.05, 3.63) is 36.9 Å². The Hall–Kier alpha value is -1.97. The van der Waals surface area contributed by atoms with Gasteiger partial charge in [0, 0.05) is 24.5 Å². The molecule has 4 heteroatoms. The quantitative estimate of drug-likeness (QED) is 0.848. The van der Waals surface area contributed by atoms with Gasteiger partial charge in [0.15, 0.2) is 0 Å². The highest BCUT2D eigenvalue weighted by molar-refractivity contribution is 5.58. The Labute approximate surface area is 94.8 Å². The first-order chi connectivity index (χ1) is 7.90. The Balaban J connectivity index is 2.22. The Kier molecular flexibility index (Phi) is 3.43. The van der Waals surface area contributed by atoms with Crippen LogP contribution in [0.1, 0.15) is 13.3 Å². The average Bonchev–Trinajstić information content (AvgIpc) is 2.38. The summed E-state index contributed by atoms with van der Waals surface area (Å²) in [6.07, 6.45) is 8.08. The van der Waals surface area contributed by atoms with Crippen molar-refractivity contribution < 1.29 is 0 Å². The molecular weight excluding hydrogens is 200 g/mol. The second-order valence-corrected chi connectivity index (χ2v) is 3.46. The zero-order valence-corrected chi connectivity index (χ0v) is 9.22. The minimum absolute atomic E-state index is 0.809. The van der Waals surface area contributed by atoms with Crippen LogP contribution in [0.5, 0.6) is 0 Å². The minimum atomic E-state index is 0.809. The molecule has 0 aliphatic carbocycles. The first-order valence-electron chi connectivity index (χ1n) is 5.36. The van der Waals surface area contributed by atoms with Gasteiger partial charge >= 0.3 is 0 Å². The zero-order chi connectivity index (χ0) is 11.2. The van der Waals surface area contributed by atoms with Crippen molar-refractivity contribution in [3.63, 3.8) is 0 Å². The van der Waals surface area contributed by atoms with Crippen LogP contribution in [0.2, 0.25) is 0 Å². The molecule has 0 saturated carbocycles. The van der Waals surface area contributed by atoms with Gasteiger partial charge in [-0.05, 0) is 18.6 Å². The van der Waals surface area contributed by atoms with Gasteiger partial charge in [0.1, 0.15) is 5.82 Å². The van der Waals surface area contributed by atoms with Crippen LogP contribution in [-0.4, -0.2) is 21.5 Å². The number of nitrogens with one attached hydrogen (secondary N) is 1. The van der Waals surface area contributed by atoms with E-state index < -0.39 is 0 Å². The SMILES string of the molecule is CCCNc1cncc(-c2cccnc2)n1. The van der Waals surface area contributed by atoms with Gasteiger partial charge in [0.05, 0.1) is 18.1 Å². The van der Waals surface area contributed by atoms with E-state index >= 15 is 0 Å². The zero-order valence-electron chi connectivity index (χ0n) is 9.22. The molecule has 82 valence electrons. The third kappa shape index (κ3) is 2.53. The average molecular weight is 214 g/mol. The molecule has 2 rings (SSSR count). The fourth-order valence-electron chi connectivity index (χ4n) is 1.36. The normalized spacial score (nSPS) is 10.1. The summed E-state index contributed by atoms with van der Waals surface area (Å²) in [4.78, 5) is 12.7. The molecule has 0 aromatic carbocycles. The predicted octanol–water partition coefficient (Wildman–Crippen LogP) is 2.36. The van der Waals surface area contributed by atoms with Gasteiger partial charge in [-0.3, -0.25) is 9.97 Å². The molecule has 0 radical (unpaired) electrons. The van der Waals surface area contributed by atoms with Crippen LogP contribution in [0.25, 0.3) is 11.3 Å². The summed E-state index contributed by atoms with van der Waals surface area (Å²) >= 11 is 0. The van der Waals surface area contributed by atoms with E-state index in [0.717, 1.165) is 30.0 Å². The van der Waals surface area contributed by atoms with Gasteiger partial charge in [-0.1, -0.05) is 6.92 Å². The molecule has 2 aromatic heterocycles.